The van der Waals surface area contributed by atoms with Crippen molar-refractivity contribution in [2.75, 3.05) is 12.3 Å². The molecule has 0 aliphatic rings. The van der Waals surface area contributed by atoms with Crippen LogP contribution >= 0.6 is 0 Å². The van der Waals surface area contributed by atoms with Gasteiger partial charge in [-0.15, -0.1) is 0 Å². The molecule has 0 saturated heterocycles. The molecule has 0 fully saturated rings. The number of benzene rings is 2. The van der Waals surface area contributed by atoms with E-state index in [1.54, 1.807) is 12.5 Å². The number of hydrogen-bond acceptors (Lipinski definition) is 3. The molecule has 0 unspecified atom stereocenters. The minimum Gasteiger partial charge on any atom is -0.491 e. The summed E-state index contributed by atoms with van der Waals surface area (Å²) >= 11 is 0. The van der Waals surface area contributed by atoms with Gasteiger partial charge in [0.15, 0.2) is 0 Å². The first-order valence-corrected chi connectivity index (χ1v) is 6.21. The molecule has 0 saturated carbocycles. The maximum absolute atomic E-state index is 5.84. The van der Waals surface area contributed by atoms with Gasteiger partial charge in [0.1, 0.15) is 18.2 Å². The lowest BCUT2D eigenvalue weighted by molar-refractivity contribution is 0.301. The van der Waals surface area contributed by atoms with Gasteiger partial charge in [0.2, 0.25) is 0 Å². The Morgan fingerprint density at radius 3 is 2.79 bits per heavy atom. The number of nitrogen functional groups attached to an aromatic ring is 1. The predicted molar refractivity (Wildman–Crippen MR) is 76.1 cm³/mol. The van der Waals surface area contributed by atoms with E-state index in [0.29, 0.717) is 12.4 Å². The standard InChI is InChI=1S/C15H15N3O/c16-15-10-18(11-17-15)8-9-19-14-7-3-5-12-4-1-2-6-13(12)14/h1-7,10-11H,8-9,16H2. The molecule has 0 spiro atoms. The first kappa shape index (κ1) is 11.6. The van der Waals surface area contributed by atoms with Crippen LogP contribution in [0.4, 0.5) is 5.82 Å². The van der Waals surface area contributed by atoms with E-state index in [9.17, 15) is 0 Å². The highest BCUT2D eigenvalue weighted by molar-refractivity contribution is 5.88. The number of fused-ring (bicyclic) bond motifs is 1. The van der Waals surface area contributed by atoms with Crippen LogP contribution in [-0.4, -0.2) is 16.2 Å². The summed E-state index contributed by atoms with van der Waals surface area (Å²) in [4.78, 5) is 3.98. The van der Waals surface area contributed by atoms with E-state index < -0.39 is 0 Å². The molecule has 19 heavy (non-hydrogen) atoms. The molecule has 0 aliphatic carbocycles. The van der Waals surface area contributed by atoms with E-state index in [0.717, 1.165) is 17.7 Å². The number of nitrogens with two attached hydrogens (primary N) is 1. The zero-order chi connectivity index (χ0) is 13.1. The topological polar surface area (TPSA) is 53.1 Å². The summed E-state index contributed by atoms with van der Waals surface area (Å²) in [6.45, 7) is 1.32. The van der Waals surface area contributed by atoms with Crippen molar-refractivity contribution in [3.05, 3.63) is 55.0 Å². The van der Waals surface area contributed by atoms with Crippen LogP contribution in [0.2, 0.25) is 0 Å². The largest absolute Gasteiger partial charge is 0.491 e. The molecule has 1 aromatic heterocycles. The summed E-state index contributed by atoms with van der Waals surface area (Å²) in [7, 11) is 0. The summed E-state index contributed by atoms with van der Waals surface area (Å²) in [5.41, 5.74) is 5.56. The van der Waals surface area contributed by atoms with Crippen LogP contribution in [0.25, 0.3) is 10.8 Å². The second-order valence-corrected chi connectivity index (χ2v) is 4.36. The zero-order valence-electron chi connectivity index (χ0n) is 10.5. The number of nitrogens with zero attached hydrogens (tertiary/aromatic N) is 2. The molecule has 0 amide bonds. The lowest BCUT2D eigenvalue weighted by Gasteiger charge is -2.09. The smallest absolute Gasteiger partial charge is 0.141 e. The van der Waals surface area contributed by atoms with Crippen molar-refractivity contribution in [1.82, 2.24) is 9.55 Å². The Hall–Kier alpha value is -2.49. The van der Waals surface area contributed by atoms with Gasteiger partial charge in [-0.1, -0.05) is 36.4 Å². The van der Waals surface area contributed by atoms with Gasteiger partial charge in [-0.25, -0.2) is 4.98 Å². The summed E-state index contributed by atoms with van der Waals surface area (Å²) in [6, 6.07) is 14.3. The van der Waals surface area contributed by atoms with Crippen LogP contribution < -0.4 is 10.5 Å². The normalized spacial score (nSPS) is 10.7. The van der Waals surface area contributed by atoms with Crippen molar-refractivity contribution >= 4 is 16.6 Å². The molecule has 3 aromatic rings. The Bertz CT molecular complexity index is 685. The van der Waals surface area contributed by atoms with Crippen molar-refractivity contribution in [3.63, 3.8) is 0 Å². The fourth-order valence-electron chi connectivity index (χ4n) is 2.08. The molecular weight excluding hydrogens is 238 g/mol. The monoisotopic (exact) mass is 253 g/mol. The summed E-state index contributed by atoms with van der Waals surface area (Å²) in [6.07, 6.45) is 3.51. The summed E-state index contributed by atoms with van der Waals surface area (Å²) < 4.78 is 7.76. The van der Waals surface area contributed by atoms with E-state index in [4.69, 9.17) is 10.5 Å². The number of aromatic nitrogens is 2. The molecule has 0 aliphatic heterocycles. The van der Waals surface area contributed by atoms with Gasteiger partial charge in [-0.2, -0.15) is 0 Å². The number of ether oxygens (including phenoxy) is 1. The van der Waals surface area contributed by atoms with Crippen LogP contribution in [0.5, 0.6) is 5.75 Å². The van der Waals surface area contributed by atoms with Gasteiger partial charge in [-0.3, -0.25) is 0 Å². The van der Waals surface area contributed by atoms with E-state index >= 15 is 0 Å². The predicted octanol–water partition coefficient (Wildman–Crippen LogP) is 2.70. The van der Waals surface area contributed by atoms with Crippen LogP contribution in [0.15, 0.2) is 55.0 Å². The lowest BCUT2D eigenvalue weighted by atomic mass is 10.1. The molecule has 2 N–H and O–H groups in total. The van der Waals surface area contributed by atoms with Gasteiger partial charge < -0.3 is 15.0 Å². The molecule has 96 valence electrons. The Labute approximate surface area is 111 Å². The number of hydrogen-bond donors (Lipinski definition) is 1. The van der Waals surface area contributed by atoms with Gasteiger partial charge in [0, 0.05) is 11.6 Å². The van der Waals surface area contributed by atoms with Crippen LogP contribution in [-0.2, 0) is 6.54 Å². The average Bonchev–Trinajstić information content (AvgIpc) is 2.85. The quantitative estimate of drug-likeness (QED) is 0.777. The highest BCUT2D eigenvalue weighted by atomic mass is 16.5. The summed E-state index contributed by atoms with van der Waals surface area (Å²) in [5.74, 6) is 1.44. The molecule has 1 heterocycles. The highest BCUT2D eigenvalue weighted by Gasteiger charge is 2.01. The Balaban J connectivity index is 1.71. The minimum absolute atomic E-state index is 0.533. The van der Waals surface area contributed by atoms with Gasteiger partial charge >= 0.3 is 0 Å². The summed E-state index contributed by atoms with van der Waals surface area (Å²) in [5, 5.41) is 2.32. The highest BCUT2D eigenvalue weighted by Crippen LogP contribution is 2.24. The third-order valence-electron chi connectivity index (χ3n) is 3.01. The van der Waals surface area contributed by atoms with Crippen molar-refractivity contribution in [2.45, 2.75) is 6.54 Å². The third-order valence-corrected chi connectivity index (χ3v) is 3.01. The van der Waals surface area contributed by atoms with Crippen molar-refractivity contribution in [2.24, 2.45) is 0 Å². The lowest BCUT2D eigenvalue weighted by Crippen LogP contribution is -2.06. The number of imidazole rings is 1. The molecule has 2 aromatic carbocycles. The van der Waals surface area contributed by atoms with E-state index in [1.807, 2.05) is 28.8 Å². The molecule has 0 radical (unpaired) electrons. The second-order valence-electron chi connectivity index (χ2n) is 4.36. The molecular formula is C15H15N3O. The Morgan fingerprint density at radius 2 is 1.95 bits per heavy atom. The first-order valence-electron chi connectivity index (χ1n) is 6.21. The molecule has 4 nitrogen and oxygen atoms in total. The van der Waals surface area contributed by atoms with E-state index in [1.165, 1.54) is 5.39 Å². The van der Waals surface area contributed by atoms with Crippen LogP contribution in [0.1, 0.15) is 0 Å². The van der Waals surface area contributed by atoms with Crippen molar-refractivity contribution < 1.29 is 4.74 Å². The van der Waals surface area contributed by atoms with E-state index in [-0.39, 0.29) is 0 Å². The maximum Gasteiger partial charge on any atom is 0.141 e. The van der Waals surface area contributed by atoms with E-state index in [2.05, 4.69) is 23.2 Å². The Kier molecular flexibility index (Phi) is 3.06. The molecule has 4 heteroatoms. The second kappa shape index (κ2) is 5.02. The molecule has 3 rings (SSSR count). The minimum atomic E-state index is 0.533. The van der Waals surface area contributed by atoms with Gasteiger partial charge in [0.05, 0.1) is 12.9 Å². The first-order chi connectivity index (χ1) is 9.33. The average molecular weight is 253 g/mol. The SMILES string of the molecule is Nc1cn(CCOc2cccc3ccccc23)cn1. The third kappa shape index (κ3) is 2.52. The molecule has 0 atom stereocenters. The fourth-order valence-corrected chi connectivity index (χ4v) is 2.08. The number of anilines is 1. The van der Waals surface area contributed by atoms with Crippen molar-refractivity contribution in [3.8, 4) is 5.75 Å². The zero-order valence-corrected chi connectivity index (χ0v) is 10.5. The number of rotatable bonds is 4. The maximum atomic E-state index is 5.84. The molecule has 0 bridgehead atoms. The van der Waals surface area contributed by atoms with Crippen LogP contribution in [0.3, 0.4) is 0 Å². The van der Waals surface area contributed by atoms with Crippen molar-refractivity contribution in [1.29, 1.82) is 0 Å². The van der Waals surface area contributed by atoms with Gasteiger partial charge in [-0.05, 0) is 11.5 Å². The Morgan fingerprint density at radius 1 is 1.11 bits per heavy atom. The van der Waals surface area contributed by atoms with Gasteiger partial charge in [0.25, 0.3) is 0 Å². The fraction of sp³-hybridized carbons (Fsp3) is 0.133. The van der Waals surface area contributed by atoms with Crippen LogP contribution in [0, 0.1) is 0 Å².